The number of unbranched alkanes of at least 4 members (excludes halogenated alkanes) is 1. The third-order valence-corrected chi connectivity index (χ3v) is 8.79. The summed E-state index contributed by atoms with van der Waals surface area (Å²) < 4.78 is 18.1. The lowest BCUT2D eigenvalue weighted by molar-refractivity contribution is -0.122. The molecule has 0 aliphatic carbocycles. The molecule has 1 fully saturated rings. The smallest absolute Gasteiger partial charge is 0.270 e. The molecule has 1 aliphatic heterocycles. The van der Waals surface area contributed by atoms with Gasteiger partial charge in [-0.05, 0) is 66.8 Å². The van der Waals surface area contributed by atoms with Crippen LogP contribution in [0.4, 0.5) is 5.82 Å². The number of nitrogens with zero attached hydrogens (tertiary/aromatic N) is 3. The van der Waals surface area contributed by atoms with E-state index in [-0.39, 0.29) is 17.0 Å². The quantitative estimate of drug-likeness (QED) is 0.182. The molecule has 44 heavy (non-hydrogen) atoms. The lowest BCUT2D eigenvalue weighted by atomic mass is 10.0. The number of hydrogen-bond donors (Lipinski definition) is 1. The first-order chi connectivity index (χ1) is 21.3. The standard InChI is InChI=1S/C33H36N4O5S2/c1-6-7-16-36-30(35-15-14-22-10-13-27(41-4)28(17-22)42-5)25(21(2)26(19-34)31(36)38)18-29-32(39)37(33(43)44-29)20-23-8-11-24(40-3)12-9-23/h8-13,17-18,35H,6-7,14-16,20H2,1-5H3/b29-18+. The van der Waals surface area contributed by atoms with Gasteiger partial charge in [0.05, 0.1) is 32.8 Å². The molecular weight excluding hydrogens is 597 g/mol. The van der Waals surface area contributed by atoms with E-state index in [2.05, 4.69) is 11.4 Å². The minimum Gasteiger partial charge on any atom is -0.497 e. The molecule has 1 aliphatic rings. The number of rotatable bonds is 13. The minimum absolute atomic E-state index is 0.0616. The first kappa shape index (κ1) is 32.6. The molecule has 1 aromatic heterocycles. The van der Waals surface area contributed by atoms with Crippen LogP contribution >= 0.6 is 24.0 Å². The maximum absolute atomic E-state index is 13.6. The molecule has 1 amide bonds. The maximum Gasteiger partial charge on any atom is 0.270 e. The first-order valence-electron chi connectivity index (χ1n) is 14.3. The van der Waals surface area contributed by atoms with E-state index in [9.17, 15) is 14.9 Å². The normalized spacial score (nSPS) is 13.7. The number of amides is 1. The van der Waals surface area contributed by atoms with Gasteiger partial charge in [0.2, 0.25) is 0 Å². The molecule has 3 aromatic rings. The van der Waals surface area contributed by atoms with Crippen molar-refractivity contribution in [2.24, 2.45) is 0 Å². The van der Waals surface area contributed by atoms with Crippen LogP contribution < -0.4 is 25.1 Å². The van der Waals surface area contributed by atoms with E-state index in [0.29, 0.717) is 63.7 Å². The van der Waals surface area contributed by atoms with Crippen molar-refractivity contribution in [1.82, 2.24) is 9.47 Å². The van der Waals surface area contributed by atoms with Gasteiger partial charge in [0.15, 0.2) is 11.5 Å². The molecular formula is C33H36N4O5S2. The van der Waals surface area contributed by atoms with Crippen molar-refractivity contribution in [2.75, 3.05) is 33.2 Å². The predicted octanol–water partition coefficient (Wildman–Crippen LogP) is 5.91. The lowest BCUT2D eigenvalue weighted by Crippen LogP contribution is -2.29. The highest BCUT2D eigenvalue weighted by atomic mass is 32.2. The van der Waals surface area contributed by atoms with Gasteiger partial charge in [-0.25, -0.2) is 0 Å². The third kappa shape index (κ3) is 7.09. The van der Waals surface area contributed by atoms with E-state index in [1.807, 2.05) is 49.4 Å². The van der Waals surface area contributed by atoms with Crippen molar-refractivity contribution in [1.29, 1.82) is 5.26 Å². The van der Waals surface area contributed by atoms with Gasteiger partial charge >= 0.3 is 0 Å². The Morgan fingerprint density at radius 3 is 2.36 bits per heavy atom. The Morgan fingerprint density at radius 2 is 1.73 bits per heavy atom. The van der Waals surface area contributed by atoms with Crippen molar-refractivity contribution in [2.45, 2.75) is 46.2 Å². The first-order valence-corrected chi connectivity index (χ1v) is 15.5. The highest BCUT2D eigenvalue weighted by Gasteiger charge is 2.33. The number of benzene rings is 2. The highest BCUT2D eigenvalue weighted by Crippen LogP contribution is 2.36. The number of pyridine rings is 1. The van der Waals surface area contributed by atoms with Crippen LogP contribution in [-0.4, -0.2) is 47.6 Å². The monoisotopic (exact) mass is 632 g/mol. The van der Waals surface area contributed by atoms with Crippen molar-refractivity contribution in [3.05, 3.63) is 85.5 Å². The van der Waals surface area contributed by atoms with Gasteiger partial charge in [0.1, 0.15) is 27.5 Å². The largest absolute Gasteiger partial charge is 0.497 e. The summed E-state index contributed by atoms with van der Waals surface area (Å²) >= 11 is 6.81. The number of carbonyl (C=O) groups is 1. The van der Waals surface area contributed by atoms with Gasteiger partial charge in [-0.2, -0.15) is 5.26 Å². The third-order valence-electron chi connectivity index (χ3n) is 7.41. The summed E-state index contributed by atoms with van der Waals surface area (Å²) in [6.45, 7) is 5.03. The summed E-state index contributed by atoms with van der Waals surface area (Å²) in [5, 5.41) is 13.4. The fraction of sp³-hybridized carbons (Fsp3) is 0.333. The molecule has 0 atom stereocenters. The second-order valence-electron chi connectivity index (χ2n) is 10.2. The average Bonchev–Trinajstić information content (AvgIpc) is 3.30. The van der Waals surface area contributed by atoms with Crippen LogP contribution in [0.5, 0.6) is 17.2 Å². The van der Waals surface area contributed by atoms with Crippen LogP contribution in [0.2, 0.25) is 0 Å². The van der Waals surface area contributed by atoms with Gasteiger partial charge in [0.25, 0.3) is 11.5 Å². The fourth-order valence-electron chi connectivity index (χ4n) is 4.93. The number of thioether (sulfide) groups is 1. The number of thiocarbonyl (C=S) groups is 1. The Kier molecular flexibility index (Phi) is 11.1. The van der Waals surface area contributed by atoms with E-state index in [1.54, 1.807) is 43.8 Å². The number of ether oxygens (including phenoxy) is 3. The Hall–Kier alpha value is -4.27. The van der Waals surface area contributed by atoms with E-state index in [1.165, 1.54) is 11.8 Å². The molecule has 2 aromatic carbocycles. The average molecular weight is 633 g/mol. The van der Waals surface area contributed by atoms with E-state index in [0.717, 1.165) is 29.7 Å². The van der Waals surface area contributed by atoms with Gasteiger partial charge in [0, 0.05) is 18.7 Å². The zero-order chi connectivity index (χ0) is 31.8. The summed E-state index contributed by atoms with van der Waals surface area (Å²) in [6, 6.07) is 15.3. The van der Waals surface area contributed by atoms with Gasteiger partial charge < -0.3 is 19.5 Å². The zero-order valence-corrected chi connectivity index (χ0v) is 27.2. The highest BCUT2D eigenvalue weighted by molar-refractivity contribution is 8.26. The molecule has 1 saturated heterocycles. The van der Waals surface area contributed by atoms with Crippen molar-refractivity contribution < 1.29 is 19.0 Å². The Bertz CT molecular complexity index is 1680. The molecule has 2 heterocycles. The zero-order valence-electron chi connectivity index (χ0n) is 25.6. The molecule has 0 bridgehead atoms. The van der Waals surface area contributed by atoms with Gasteiger partial charge in [-0.15, -0.1) is 0 Å². The number of nitriles is 1. The number of hydrogen-bond acceptors (Lipinski definition) is 9. The van der Waals surface area contributed by atoms with Gasteiger partial charge in [-0.1, -0.05) is 55.5 Å². The molecule has 0 spiro atoms. The van der Waals surface area contributed by atoms with E-state index in [4.69, 9.17) is 26.4 Å². The molecule has 9 nitrogen and oxygen atoms in total. The van der Waals surface area contributed by atoms with Crippen LogP contribution in [0, 0.1) is 18.3 Å². The maximum atomic E-state index is 13.6. The van der Waals surface area contributed by atoms with Crippen molar-refractivity contribution in [3.8, 4) is 23.3 Å². The van der Waals surface area contributed by atoms with E-state index >= 15 is 0 Å². The topological polar surface area (TPSA) is 106 Å². The van der Waals surface area contributed by atoms with Crippen LogP contribution in [0.1, 0.15) is 47.6 Å². The molecule has 11 heteroatoms. The number of aromatic nitrogens is 1. The number of anilines is 1. The van der Waals surface area contributed by atoms with E-state index < -0.39 is 0 Å². The Morgan fingerprint density at radius 1 is 1.02 bits per heavy atom. The SMILES string of the molecule is CCCCn1c(NCCc2ccc(OC)c(OC)c2)c(/C=C2/SC(=S)N(Cc3ccc(OC)cc3)C2=O)c(C)c(C#N)c1=O. The molecule has 0 radical (unpaired) electrons. The molecule has 230 valence electrons. The Balaban J connectivity index is 1.70. The van der Waals surface area contributed by atoms with Crippen LogP contribution in [0.15, 0.2) is 52.2 Å². The van der Waals surface area contributed by atoms with Crippen LogP contribution in [0.25, 0.3) is 6.08 Å². The molecule has 0 saturated carbocycles. The molecule has 4 rings (SSSR count). The van der Waals surface area contributed by atoms with Crippen molar-refractivity contribution >= 4 is 46.1 Å². The summed E-state index contributed by atoms with van der Waals surface area (Å²) in [5.74, 6) is 2.35. The fourth-order valence-corrected chi connectivity index (χ4v) is 6.16. The van der Waals surface area contributed by atoms with Crippen LogP contribution in [-0.2, 0) is 24.3 Å². The number of carbonyl (C=O) groups excluding carboxylic acids is 1. The summed E-state index contributed by atoms with van der Waals surface area (Å²) in [5.41, 5.74) is 2.78. The minimum atomic E-state index is -0.351. The predicted molar refractivity (Wildman–Crippen MR) is 179 cm³/mol. The Labute approximate surface area is 267 Å². The van der Waals surface area contributed by atoms with Crippen molar-refractivity contribution in [3.63, 3.8) is 0 Å². The molecule has 1 N–H and O–H groups in total. The summed E-state index contributed by atoms with van der Waals surface area (Å²) in [7, 11) is 4.79. The lowest BCUT2D eigenvalue weighted by Gasteiger charge is -2.20. The number of methoxy groups -OCH3 is 3. The molecule has 0 unspecified atom stereocenters. The number of nitrogens with one attached hydrogen (secondary N) is 1. The summed E-state index contributed by atoms with van der Waals surface area (Å²) in [6.07, 6.45) is 4.00. The summed E-state index contributed by atoms with van der Waals surface area (Å²) in [4.78, 5) is 29.1. The second kappa shape index (κ2) is 14.9. The second-order valence-corrected chi connectivity index (χ2v) is 11.8. The van der Waals surface area contributed by atoms with Gasteiger partial charge in [-0.3, -0.25) is 19.1 Å². The van der Waals surface area contributed by atoms with Crippen LogP contribution in [0.3, 0.4) is 0 Å².